The summed E-state index contributed by atoms with van der Waals surface area (Å²) in [5.74, 6) is -0.00368. The first-order valence-electron chi connectivity index (χ1n) is 4.76. The van der Waals surface area contributed by atoms with Crippen LogP contribution in [0.5, 0.6) is 5.88 Å². The molecular weight excluding hydrogens is 209 g/mol. The Morgan fingerprint density at radius 3 is 2.40 bits per heavy atom. The molecule has 0 amide bonds. The van der Waals surface area contributed by atoms with Crippen LogP contribution in [0.25, 0.3) is 0 Å². The maximum absolute atomic E-state index is 12.2. The Bertz CT molecular complexity index is 305. The van der Waals surface area contributed by atoms with Crippen molar-refractivity contribution in [1.82, 2.24) is 10.2 Å². The lowest BCUT2D eigenvalue weighted by Gasteiger charge is -2.12. The summed E-state index contributed by atoms with van der Waals surface area (Å²) in [7, 11) is 0. The van der Waals surface area contributed by atoms with E-state index in [9.17, 15) is 13.2 Å². The molecule has 0 unspecified atom stereocenters. The van der Waals surface area contributed by atoms with Crippen molar-refractivity contribution < 1.29 is 17.9 Å². The first-order chi connectivity index (χ1) is 6.97. The van der Waals surface area contributed by atoms with Crippen molar-refractivity contribution in [3.63, 3.8) is 0 Å². The maximum atomic E-state index is 12.2. The first kappa shape index (κ1) is 11.9. The van der Waals surface area contributed by atoms with E-state index in [0.717, 1.165) is 18.9 Å². The summed E-state index contributed by atoms with van der Waals surface area (Å²) in [4.78, 5) is 0. The normalized spacial score (nSPS) is 12.1. The summed E-state index contributed by atoms with van der Waals surface area (Å²) < 4.78 is 41.8. The number of aromatic amines is 1. The van der Waals surface area contributed by atoms with Crippen LogP contribution in [-0.4, -0.2) is 16.3 Å². The third kappa shape index (κ3) is 3.14. The molecule has 15 heavy (non-hydrogen) atoms. The number of hydrogen-bond acceptors (Lipinski definition) is 2. The van der Waals surface area contributed by atoms with Gasteiger partial charge in [-0.15, -0.1) is 5.10 Å². The molecule has 6 heteroatoms. The van der Waals surface area contributed by atoms with Crippen molar-refractivity contribution in [2.24, 2.45) is 0 Å². The van der Waals surface area contributed by atoms with E-state index in [2.05, 4.69) is 5.10 Å². The molecule has 3 nitrogen and oxygen atoms in total. The molecule has 0 aliphatic carbocycles. The van der Waals surface area contributed by atoms with Crippen molar-refractivity contribution in [2.75, 3.05) is 0 Å². The number of nitrogens with one attached hydrogen (secondary N) is 1. The van der Waals surface area contributed by atoms with E-state index in [1.807, 2.05) is 18.9 Å². The Kier molecular flexibility index (Phi) is 3.60. The molecular formula is C9H13F3N2O. The molecule has 0 aliphatic heterocycles. The average molecular weight is 222 g/mol. The Morgan fingerprint density at radius 2 is 2.00 bits per heavy atom. The Morgan fingerprint density at radius 1 is 1.40 bits per heavy atom. The summed E-state index contributed by atoms with van der Waals surface area (Å²) in [6.45, 7) is 3.82. The highest BCUT2D eigenvalue weighted by atomic mass is 19.4. The topological polar surface area (TPSA) is 37.9 Å². The molecule has 1 rings (SSSR count). The molecule has 1 aromatic rings. The van der Waals surface area contributed by atoms with Crippen LogP contribution in [0.1, 0.15) is 32.4 Å². The number of halogens is 3. The van der Waals surface area contributed by atoms with Gasteiger partial charge in [0.05, 0.1) is 6.10 Å². The molecule has 0 aliphatic rings. The van der Waals surface area contributed by atoms with Gasteiger partial charge in [0, 0.05) is 6.07 Å². The van der Waals surface area contributed by atoms with E-state index in [0.29, 0.717) is 0 Å². The molecule has 0 aromatic carbocycles. The molecule has 0 saturated heterocycles. The highest BCUT2D eigenvalue weighted by Crippen LogP contribution is 2.29. The van der Waals surface area contributed by atoms with Gasteiger partial charge in [0.15, 0.2) is 0 Å². The number of rotatable bonds is 4. The van der Waals surface area contributed by atoms with Gasteiger partial charge in [0.1, 0.15) is 5.69 Å². The molecule has 0 fully saturated rings. The number of aromatic nitrogens is 2. The summed E-state index contributed by atoms with van der Waals surface area (Å²) in [6, 6.07) is 0.873. The van der Waals surface area contributed by atoms with Crippen molar-refractivity contribution in [1.29, 1.82) is 0 Å². The first-order valence-corrected chi connectivity index (χ1v) is 4.76. The van der Waals surface area contributed by atoms with Crippen molar-refractivity contribution in [3.8, 4) is 5.88 Å². The number of alkyl halides is 3. The second kappa shape index (κ2) is 4.55. The minimum absolute atomic E-state index is 0.00368. The fourth-order valence-corrected chi connectivity index (χ4v) is 1.14. The van der Waals surface area contributed by atoms with E-state index >= 15 is 0 Å². The van der Waals surface area contributed by atoms with E-state index in [4.69, 9.17) is 4.74 Å². The van der Waals surface area contributed by atoms with Crippen LogP contribution in [0.15, 0.2) is 6.07 Å². The van der Waals surface area contributed by atoms with Crippen molar-refractivity contribution in [2.45, 2.75) is 39.0 Å². The summed E-state index contributed by atoms with van der Waals surface area (Å²) in [6.07, 6.45) is -3.01. The van der Waals surface area contributed by atoms with Crippen LogP contribution in [0.3, 0.4) is 0 Å². The smallest absolute Gasteiger partial charge is 0.432 e. The predicted octanol–water partition coefficient (Wildman–Crippen LogP) is 3.00. The molecule has 0 bridgehead atoms. The molecule has 1 heterocycles. The van der Waals surface area contributed by atoms with Gasteiger partial charge in [0.2, 0.25) is 5.88 Å². The predicted molar refractivity (Wildman–Crippen MR) is 48.6 cm³/mol. The molecule has 1 aromatic heterocycles. The van der Waals surface area contributed by atoms with Gasteiger partial charge >= 0.3 is 6.18 Å². The van der Waals surface area contributed by atoms with Crippen LogP contribution in [0, 0.1) is 0 Å². The van der Waals surface area contributed by atoms with Gasteiger partial charge < -0.3 is 4.74 Å². The number of ether oxygens (including phenoxy) is 1. The average Bonchev–Trinajstić information content (AvgIpc) is 2.61. The zero-order chi connectivity index (χ0) is 11.5. The minimum Gasteiger partial charge on any atom is -0.473 e. The quantitative estimate of drug-likeness (QED) is 0.850. The maximum Gasteiger partial charge on any atom is 0.432 e. The van der Waals surface area contributed by atoms with Gasteiger partial charge in [-0.2, -0.15) is 13.2 Å². The van der Waals surface area contributed by atoms with E-state index < -0.39 is 11.9 Å². The highest BCUT2D eigenvalue weighted by Gasteiger charge is 2.33. The van der Waals surface area contributed by atoms with Crippen molar-refractivity contribution in [3.05, 3.63) is 11.8 Å². The summed E-state index contributed by atoms with van der Waals surface area (Å²) >= 11 is 0. The number of H-pyrrole nitrogens is 1. The lowest BCUT2D eigenvalue weighted by atomic mass is 10.2. The second-order valence-electron chi connectivity index (χ2n) is 3.17. The van der Waals surface area contributed by atoms with Crippen LogP contribution in [-0.2, 0) is 6.18 Å². The number of nitrogens with zero attached hydrogens (tertiary/aromatic N) is 1. The largest absolute Gasteiger partial charge is 0.473 e. The third-order valence-corrected chi connectivity index (χ3v) is 2.06. The Hall–Kier alpha value is -1.20. The van der Waals surface area contributed by atoms with Crippen LogP contribution in [0.4, 0.5) is 13.2 Å². The molecule has 0 spiro atoms. The van der Waals surface area contributed by atoms with Gasteiger partial charge in [0.25, 0.3) is 0 Å². The molecule has 0 atom stereocenters. The molecule has 0 saturated carbocycles. The Labute approximate surface area is 85.6 Å². The highest BCUT2D eigenvalue weighted by molar-refractivity contribution is 5.16. The van der Waals surface area contributed by atoms with E-state index in [1.165, 1.54) is 0 Å². The van der Waals surface area contributed by atoms with Gasteiger partial charge in [-0.05, 0) is 12.8 Å². The third-order valence-electron chi connectivity index (χ3n) is 2.06. The standard InChI is InChI=1S/C9H13F3N2O/c1-3-6(4-2)15-8-5-7(13-14-8)9(10,11)12/h5-6H,3-4H2,1-2H3,(H,13,14). The lowest BCUT2D eigenvalue weighted by molar-refractivity contribution is -0.141. The molecule has 1 N–H and O–H groups in total. The summed E-state index contributed by atoms with van der Waals surface area (Å²) in [5.41, 5.74) is -0.886. The second-order valence-corrected chi connectivity index (χ2v) is 3.17. The lowest BCUT2D eigenvalue weighted by Crippen LogP contribution is -2.13. The van der Waals surface area contributed by atoms with E-state index in [-0.39, 0.29) is 12.0 Å². The van der Waals surface area contributed by atoms with Gasteiger partial charge in [-0.1, -0.05) is 13.8 Å². The van der Waals surface area contributed by atoms with Gasteiger partial charge in [-0.25, -0.2) is 0 Å². The fourth-order valence-electron chi connectivity index (χ4n) is 1.14. The Balaban J connectivity index is 2.68. The van der Waals surface area contributed by atoms with Crippen LogP contribution < -0.4 is 4.74 Å². The monoisotopic (exact) mass is 222 g/mol. The summed E-state index contributed by atoms with van der Waals surface area (Å²) in [5, 5.41) is 5.35. The van der Waals surface area contributed by atoms with Crippen molar-refractivity contribution >= 4 is 0 Å². The fraction of sp³-hybridized carbons (Fsp3) is 0.667. The zero-order valence-corrected chi connectivity index (χ0v) is 8.56. The zero-order valence-electron chi connectivity index (χ0n) is 8.56. The minimum atomic E-state index is -4.40. The van der Waals surface area contributed by atoms with Crippen LogP contribution in [0.2, 0.25) is 0 Å². The van der Waals surface area contributed by atoms with Crippen LogP contribution >= 0.6 is 0 Å². The molecule has 86 valence electrons. The number of hydrogen-bond donors (Lipinski definition) is 1. The molecule has 0 radical (unpaired) electrons. The SMILES string of the molecule is CCC(CC)Oc1cc(C(F)(F)F)[nH]n1. The van der Waals surface area contributed by atoms with Gasteiger partial charge in [-0.3, -0.25) is 5.10 Å². The van der Waals surface area contributed by atoms with E-state index in [1.54, 1.807) is 0 Å².